The molecule has 7 nitrogen and oxygen atoms in total. The summed E-state index contributed by atoms with van der Waals surface area (Å²) in [6, 6.07) is 0. The predicted octanol–water partition coefficient (Wildman–Crippen LogP) is 2.50. The van der Waals surface area contributed by atoms with Gasteiger partial charge in [-0.1, -0.05) is 34.6 Å². The molecule has 5 rings (SSSR count). The second kappa shape index (κ2) is 9.27. The van der Waals surface area contributed by atoms with Crippen LogP contribution in [0.4, 0.5) is 0 Å². The Labute approximate surface area is 215 Å². The molecule has 36 heavy (non-hydrogen) atoms. The Kier molecular flexibility index (Phi) is 6.96. The van der Waals surface area contributed by atoms with E-state index in [0.29, 0.717) is 37.5 Å². The first-order valence-corrected chi connectivity index (χ1v) is 14.4. The van der Waals surface area contributed by atoms with E-state index in [2.05, 4.69) is 34.6 Å². The van der Waals surface area contributed by atoms with Crippen LogP contribution in [-0.2, 0) is 9.53 Å². The van der Waals surface area contributed by atoms with Gasteiger partial charge in [-0.2, -0.15) is 0 Å². The third-order valence-electron chi connectivity index (χ3n) is 12.2. The number of carbonyl (C=O) groups is 1. The standard InChI is InChI=1S/C29H48O7/c1-13(2)15-10-20(36-21(32)11-15)14(3)17-12-19(31)23-22-16(6-8-29(17,23)5)28(4)9-7-18(30)25(33)24(28)27(35)26(22)34/h13-18,20-27,30,32-35H,6-12H2,1-5H3/t14-,15-,16+,17-,18-,20-,21?,22-,23-,24-,25+,26-,27-,28-,29-/m1/s1. The molecule has 0 aromatic heterocycles. The van der Waals surface area contributed by atoms with Gasteiger partial charge in [0.15, 0.2) is 6.29 Å². The van der Waals surface area contributed by atoms with E-state index in [1.165, 1.54) is 0 Å². The SMILES string of the molecule is CC(C)[C@H]1CC(O)O[C@@H]([C@H](C)[C@H]2CC(=O)[C@@H]3[C@@H]4[C@@H](O)[C@H](O)[C@H]5[C@@H](O)[C@H](O)CC[C@]5(C)[C@H]4CC[C@]23C)C1. The third kappa shape index (κ3) is 3.86. The van der Waals surface area contributed by atoms with Crippen LogP contribution in [0.1, 0.15) is 79.6 Å². The highest BCUT2D eigenvalue weighted by atomic mass is 16.6. The minimum Gasteiger partial charge on any atom is -0.390 e. The predicted molar refractivity (Wildman–Crippen MR) is 133 cm³/mol. The van der Waals surface area contributed by atoms with E-state index in [0.717, 1.165) is 19.3 Å². The molecule has 4 saturated carbocycles. The second-order valence-electron chi connectivity index (χ2n) is 14.1. The molecule has 0 spiro atoms. The van der Waals surface area contributed by atoms with Gasteiger partial charge in [0.1, 0.15) is 5.78 Å². The van der Waals surface area contributed by atoms with E-state index in [9.17, 15) is 30.3 Å². The Morgan fingerprint density at radius 2 is 1.56 bits per heavy atom. The summed E-state index contributed by atoms with van der Waals surface area (Å²) in [5.74, 6) is -0.0824. The molecule has 0 bridgehead atoms. The number of ether oxygens (including phenoxy) is 1. The molecule has 15 atom stereocenters. The maximum Gasteiger partial charge on any atom is 0.155 e. The minimum atomic E-state index is -1.17. The first-order valence-electron chi connectivity index (χ1n) is 14.4. The van der Waals surface area contributed by atoms with Crippen molar-refractivity contribution in [2.45, 2.75) is 116 Å². The molecule has 5 fully saturated rings. The van der Waals surface area contributed by atoms with Crippen LogP contribution in [0.5, 0.6) is 0 Å². The number of aliphatic hydroxyl groups excluding tert-OH is 5. The fraction of sp³-hybridized carbons (Fsp3) is 0.966. The van der Waals surface area contributed by atoms with E-state index >= 15 is 0 Å². The lowest BCUT2D eigenvalue weighted by Gasteiger charge is -2.64. The van der Waals surface area contributed by atoms with Crippen molar-refractivity contribution in [3.05, 3.63) is 0 Å². The Morgan fingerprint density at radius 3 is 2.22 bits per heavy atom. The zero-order valence-electron chi connectivity index (χ0n) is 22.6. The Balaban J connectivity index is 1.44. The molecule has 1 saturated heterocycles. The maximum absolute atomic E-state index is 13.8. The number of fused-ring (bicyclic) bond motifs is 5. The topological polar surface area (TPSA) is 127 Å². The van der Waals surface area contributed by atoms with Gasteiger partial charge in [0, 0.05) is 30.6 Å². The van der Waals surface area contributed by atoms with Gasteiger partial charge in [-0.15, -0.1) is 0 Å². The van der Waals surface area contributed by atoms with Gasteiger partial charge >= 0.3 is 0 Å². The number of rotatable bonds is 3. The number of ketones is 1. The highest BCUT2D eigenvalue weighted by Crippen LogP contribution is 2.67. The fourth-order valence-electron chi connectivity index (χ4n) is 10.1. The smallest absolute Gasteiger partial charge is 0.155 e. The first-order chi connectivity index (χ1) is 16.8. The average molecular weight is 509 g/mol. The summed E-state index contributed by atoms with van der Waals surface area (Å²) in [4.78, 5) is 13.8. The number of carbonyl (C=O) groups excluding carboxylic acids is 1. The Bertz CT molecular complexity index is 847. The van der Waals surface area contributed by atoms with Crippen molar-refractivity contribution in [2.24, 2.45) is 58.2 Å². The molecular formula is C29H48O7. The van der Waals surface area contributed by atoms with Crippen LogP contribution >= 0.6 is 0 Å². The van der Waals surface area contributed by atoms with Crippen molar-refractivity contribution < 1.29 is 35.1 Å². The van der Waals surface area contributed by atoms with Gasteiger partial charge in [-0.25, -0.2) is 0 Å². The van der Waals surface area contributed by atoms with Crippen LogP contribution in [0.2, 0.25) is 0 Å². The van der Waals surface area contributed by atoms with Gasteiger partial charge in [0.25, 0.3) is 0 Å². The van der Waals surface area contributed by atoms with Gasteiger partial charge in [-0.05, 0) is 72.5 Å². The minimum absolute atomic E-state index is 0.0113. The summed E-state index contributed by atoms with van der Waals surface area (Å²) in [6.07, 6.45) is -0.315. The molecule has 0 aromatic carbocycles. The van der Waals surface area contributed by atoms with Gasteiger partial charge in [0.2, 0.25) is 0 Å². The molecule has 0 amide bonds. The van der Waals surface area contributed by atoms with E-state index in [4.69, 9.17) is 4.74 Å². The molecule has 1 unspecified atom stereocenters. The van der Waals surface area contributed by atoms with Crippen LogP contribution < -0.4 is 0 Å². The Hall–Kier alpha value is -0.570. The van der Waals surface area contributed by atoms with Gasteiger partial charge in [-0.3, -0.25) is 4.79 Å². The molecule has 0 radical (unpaired) electrons. The lowest BCUT2D eigenvalue weighted by Crippen LogP contribution is -2.68. The Morgan fingerprint density at radius 1 is 0.889 bits per heavy atom. The van der Waals surface area contributed by atoms with Crippen LogP contribution in [0.25, 0.3) is 0 Å². The van der Waals surface area contributed by atoms with Gasteiger partial charge in [0.05, 0.1) is 30.5 Å². The molecule has 1 heterocycles. The maximum atomic E-state index is 13.8. The molecule has 0 aromatic rings. The van der Waals surface area contributed by atoms with Crippen LogP contribution in [0.15, 0.2) is 0 Å². The number of hydrogen-bond donors (Lipinski definition) is 5. The zero-order chi connectivity index (χ0) is 26.3. The summed E-state index contributed by atoms with van der Waals surface area (Å²) in [7, 11) is 0. The summed E-state index contributed by atoms with van der Waals surface area (Å²) in [6.45, 7) is 10.8. The highest BCUT2D eigenvalue weighted by molar-refractivity contribution is 5.85. The normalized spacial score (nSPS) is 56.1. The monoisotopic (exact) mass is 508 g/mol. The van der Waals surface area contributed by atoms with Gasteiger partial charge < -0.3 is 30.3 Å². The summed E-state index contributed by atoms with van der Waals surface area (Å²) in [5.41, 5.74) is -0.748. The lowest BCUT2D eigenvalue weighted by atomic mass is 9.42. The quantitative estimate of drug-likeness (QED) is 0.396. The van der Waals surface area contributed by atoms with Crippen molar-refractivity contribution in [2.75, 3.05) is 0 Å². The van der Waals surface area contributed by atoms with Crippen molar-refractivity contribution in [3.8, 4) is 0 Å². The molecule has 4 aliphatic carbocycles. The van der Waals surface area contributed by atoms with Crippen molar-refractivity contribution in [1.29, 1.82) is 0 Å². The first kappa shape index (κ1) is 27.0. The molecule has 206 valence electrons. The molecule has 7 heteroatoms. The van der Waals surface area contributed by atoms with Crippen molar-refractivity contribution in [1.82, 2.24) is 0 Å². The molecular weight excluding hydrogens is 460 g/mol. The molecule has 5 N–H and O–H groups in total. The summed E-state index contributed by atoms with van der Waals surface area (Å²) >= 11 is 0. The van der Waals surface area contributed by atoms with Crippen LogP contribution in [0.3, 0.4) is 0 Å². The zero-order valence-corrected chi connectivity index (χ0v) is 22.6. The third-order valence-corrected chi connectivity index (χ3v) is 12.2. The average Bonchev–Trinajstić information content (AvgIpc) is 3.09. The van der Waals surface area contributed by atoms with Crippen molar-refractivity contribution >= 4 is 5.78 Å². The van der Waals surface area contributed by atoms with E-state index in [1.807, 2.05) is 0 Å². The molecule has 1 aliphatic heterocycles. The van der Waals surface area contributed by atoms with E-state index in [-0.39, 0.29) is 46.9 Å². The summed E-state index contributed by atoms with van der Waals surface area (Å²) in [5, 5.41) is 54.3. The fourth-order valence-corrected chi connectivity index (χ4v) is 10.1. The second-order valence-corrected chi connectivity index (χ2v) is 14.1. The highest BCUT2D eigenvalue weighted by Gasteiger charge is 2.69. The lowest BCUT2D eigenvalue weighted by molar-refractivity contribution is -0.251. The molecule has 5 aliphatic rings. The number of hydrogen-bond acceptors (Lipinski definition) is 7. The largest absolute Gasteiger partial charge is 0.390 e. The number of aliphatic hydroxyl groups is 5. The van der Waals surface area contributed by atoms with Crippen LogP contribution in [-0.4, -0.2) is 68.1 Å². The van der Waals surface area contributed by atoms with E-state index < -0.39 is 42.0 Å². The van der Waals surface area contributed by atoms with Crippen LogP contribution in [0, 0.1) is 58.2 Å². The van der Waals surface area contributed by atoms with Crippen molar-refractivity contribution in [3.63, 3.8) is 0 Å². The summed E-state index contributed by atoms with van der Waals surface area (Å²) < 4.78 is 6.06. The van der Waals surface area contributed by atoms with E-state index in [1.54, 1.807) is 0 Å². The number of Topliss-reactive ketones (excluding diaryl/α,β-unsaturated/α-hetero) is 1.